The predicted octanol–water partition coefficient (Wildman–Crippen LogP) is 0.345. The van der Waals surface area contributed by atoms with E-state index in [1.165, 1.54) is 0 Å². The maximum Gasteiger partial charge on any atom is 0.338 e. The van der Waals surface area contributed by atoms with Crippen LogP contribution >= 0.6 is 0 Å². The minimum atomic E-state index is -1.46. The van der Waals surface area contributed by atoms with Crippen LogP contribution in [0.15, 0.2) is 18.2 Å². The number of cyclic esters (lactones) is 1. The molecule has 1 atom stereocenters. The largest absolute Gasteiger partial charge is 0.459 e. The molecule has 1 aliphatic rings. The van der Waals surface area contributed by atoms with Gasteiger partial charge in [0.2, 0.25) is 0 Å². The first kappa shape index (κ1) is 10.1. The Hall–Kier alpha value is -1.39. The lowest BCUT2D eigenvalue weighted by atomic mass is 9.88. The predicted molar refractivity (Wildman–Crippen MR) is 52.4 cm³/mol. The van der Waals surface area contributed by atoms with Crippen molar-refractivity contribution >= 4 is 5.97 Å². The quantitative estimate of drug-likeness (QED) is 0.653. The summed E-state index contributed by atoms with van der Waals surface area (Å²) < 4.78 is 4.82. The second-order valence-electron chi connectivity index (χ2n) is 3.81. The zero-order valence-corrected chi connectivity index (χ0v) is 8.36. The number of carbonyl (C=O) groups excluding carboxylic acids is 1. The van der Waals surface area contributed by atoms with Crippen LogP contribution in [0.2, 0.25) is 0 Å². The van der Waals surface area contributed by atoms with Gasteiger partial charge in [0.25, 0.3) is 0 Å². The van der Waals surface area contributed by atoms with E-state index >= 15 is 0 Å². The van der Waals surface area contributed by atoms with Gasteiger partial charge in [-0.1, -0.05) is 17.7 Å². The summed E-state index contributed by atoms with van der Waals surface area (Å²) in [5.74, 6) is -0.452. The first-order valence-corrected chi connectivity index (χ1v) is 4.68. The molecule has 0 saturated heterocycles. The van der Waals surface area contributed by atoms with Gasteiger partial charge in [-0.2, -0.15) is 0 Å². The number of aliphatic hydroxyl groups is 2. The minimum absolute atomic E-state index is 0.196. The molecule has 1 heterocycles. The molecule has 1 aromatic carbocycles. The van der Waals surface area contributed by atoms with Gasteiger partial charge < -0.3 is 14.9 Å². The number of fused-ring (bicyclic) bond motifs is 1. The zero-order chi connectivity index (χ0) is 11.1. The van der Waals surface area contributed by atoms with Crippen LogP contribution in [0.5, 0.6) is 0 Å². The van der Waals surface area contributed by atoms with Gasteiger partial charge in [0, 0.05) is 5.56 Å². The summed E-state index contributed by atoms with van der Waals surface area (Å²) >= 11 is 0. The monoisotopic (exact) mass is 208 g/mol. The molecule has 0 amide bonds. The maximum absolute atomic E-state index is 11.4. The molecule has 1 aliphatic heterocycles. The Labute approximate surface area is 87.1 Å². The molecule has 1 unspecified atom stereocenters. The SMILES string of the molecule is Cc1ccc2c(c1)C(=O)OCC2(O)CO. The van der Waals surface area contributed by atoms with Gasteiger partial charge in [-0.25, -0.2) is 4.79 Å². The van der Waals surface area contributed by atoms with Gasteiger partial charge in [0.1, 0.15) is 12.2 Å². The molecule has 80 valence electrons. The molecule has 0 aromatic heterocycles. The Bertz CT molecular complexity index is 413. The van der Waals surface area contributed by atoms with Crippen molar-refractivity contribution in [1.82, 2.24) is 0 Å². The summed E-state index contributed by atoms with van der Waals surface area (Å²) in [6.07, 6.45) is 0. The Morgan fingerprint density at radius 2 is 2.27 bits per heavy atom. The highest BCUT2D eigenvalue weighted by Gasteiger charge is 2.38. The van der Waals surface area contributed by atoms with Crippen molar-refractivity contribution < 1.29 is 19.7 Å². The molecule has 0 aliphatic carbocycles. The number of aryl methyl sites for hydroxylation is 1. The fourth-order valence-corrected chi connectivity index (χ4v) is 1.70. The number of benzene rings is 1. The van der Waals surface area contributed by atoms with Gasteiger partial charge in [-0.3, -0.25) is 0 Å². The average Bonchev–Trinajstić information content (AvgIpc) is 2.24. The van der Waals surface area contributed by atoms with E-state index in [4.69, 9.17) is 9.84 Å². The van der Waals surface area contributed by atoms with E-state index in [2.05, 4.69) is 0 Å². The smallest absolute Gasteiger partial charge is 0.338 e. The van der Waals surface area contributed by atoms with E-state index in [0.717, 1.165) is 5.56 Å². The highest BCUT2D eigenvalue weighted by atomic mass is 16.5. The molecule has 2 N–H and O–H groups in total. The molecule has 0 spiro atoms. The van der Waals surface area contributed by atoms with Crippen molar-refractivity contribution in [3.63, 3.8) is 0 Å². The van der Waals surface area contributed by atoms with Crippen LogP contribution in [0.3, 0.4) is 0 Å². The lowest BCUT2D eigenvalue weighted by Gasteiger charge is -2.31. The molecule has 2 rings (SSSR count). The summed E-state index contributed by atoms with van der Waals surface area (Å²) in [6, 6.07) is 5.09. The van der Waals surface area contributed by atoms with Gasteiger partial charge in [0.05, 0.1) is 12.2 Å². The highest BCUT2D eigenvalue weighted by Crippen LogP contribution is 2.30. The second-order valence-corrected chi connectivity index (χ2v) is 3.81. The van der Waals surface area contributed by atoms with Crippen LogP contribution in [0.1, 0.15) is 21.5 Å². The van der Waals surface area contributed by atoms with Crippen LogP contribution in [-0.4, -0.2) is 29.4 Å². The van der Waals surface area contributed by atoms with Crippen LogP contribution in [0.4, 0.5) is 0 Å². The fraction of sp³-hybridized carbons (Fsp3) is 0.364. The third kappa shape index (κ3) is 1.52. The van der Waals surface area contributed by atoms with Crippen molar-refractivity contribution in [2.75, 3.05) is 13.2 Å². The molecule has 0 saturated carbocycles. The molecule has 0 radical (unpaired) electrons. The van der Waals surface area contributed by atoms with Crippen LogP contribution in [0.25, 0.3) is 0 Å². The topological polar surface area (TPSA) is 66.8 Å². The molecular weight excluding hydrogens is 196 g/mol. The highest BCUT2D eigenvalue weighted by molar-refractivity contribution is 5.92. The van der Waals surface area contributed by atoms with E-state index in [9.17, 15) is 9.90 Å². The summed E-state index contributed by atoms with van der Waals surface area (Å²) in [6.45, 7) is 1.19. The second kappa shape index (κ2) is 3.32. The number of hydrogen-bond donors (Lipinski definition) is 2. The Kier molecular flexibility index (Phi) is 2.25. The van der Waals surface area contributed by atoms with Crippen molar-refractivity contribution in [1.29, 1.82) is 0 Å². The zero-order valence-electron chi connectivity index (χ0n) is 8.36. The lowest BCUT2D eigenvalue weighted by Crippen LogP contribution is -2.41. The van der Waals surface area contributed by atoms with E-state index in [-0.39, 0.29) is 6.61 Å². The van der Waals surface area contributed by atoms with Gasteiger partial charge >= 0.3 is 5.97 Å². The Balaban J connectivity index is 2.60. The number of carbonyl (C=O) groups is 1. The van der Waals surface area contributed by atoms with Crippen LogP contribution < -0.4 is 0 Å². The number of rotatable bonds is 1. The molecule has 1 aromatic rings. The van der Waals surface area contributed by atoms with E-state index in [1.54, 1.807) is 18.2 Å². The number of aliphatic hydroxyl groups excluding tert-OH is 1. The minimum Gasteiger partial charge on any atom is -0.459 e. The fourth-order valence-electron chi connectivity index (χ4n) is 1.70. The first-order valence-electron chi connectivity index (χ1n) is 4.68. The first-order chi connectivity index (χ1) is 7.07. The Morgan fingerprint density at radius 3 is 2.93 bits per heavy atom. The van der Waals surface area contributed by atoms with Crippen molar-refractivity contribution in [3.8, 4) is 0 Å². The molecule has 4 nitrogen and oxygen atoms in total. The summed E-state index contributed by atoms with van der Waals surface area (Å²) in [7, 11) is 0. The normalized spacial score (nSPS) is 24.6. The van der Waals surface area contributed by atoms with Crippen molar-refractivity contribution in [2.45, 2.75) is 12.5 Å². The van der Waals surface area contributed by atoms with E-state index in [0.29, 0.717) is 11.1 Å². The van der Waals surface area contributed by atoms with Gasteiger partial charge in [0.15, 0.2) is 0 Å². The standard InChI is InChI=1S/C11H12O4/c1-7-2-3-9-8(4-7)10(13)15-6-11(9,14)5-12/h2-4,12,14H,5-6H2,1H3. The number of esters is 1. The third-order valence-electron chi connectivity index (χ3n) is 2.60. The van der Waals surface area contributed by atoms with Gasteiger partial charge in [-0.15, -0.1) is 0 Å². The van der Waals surface area contributed by atoms with Crippen LogP contribution in [0, 0.1) is 6.92 Å². The lowest BCUT2D eigenvalue weighted by molar-refractivity contribution is -0.0768. The van der Waals surface area contributed by atoms with Crippen LogP contribution in [-0.2, 0) is 10.3 Å². The molecule has 4 heteroatoms. The van der Waals surface area contributed by atoms with E-state index < -0.39 is 18.2 Å². The number of hydrogen-bond acceptors (Lipinski definition) is 4. The maximum atomic E-state index is 11.4. The Morgan fingerprint density at radius 1 is 1.53 bits per heavy atom. The summed E-state index contributed by atoms with van der Waals surface area (Å²) in [4.78, 5) is 11.4. The van der Waals surface area contributed by atoms with Gasteiger partial charge in [-0.05, 0) is 13.0 Å². The molecule has 0 bridgehead atoms. The van der Waals surface area contributed by atoms with E-state index in [1.807, 2.05) is 6.92 Å². The summed E-state index contributed by atoms with van der Waals surface area (Å²) in [5, 5.41) is 19.1. The molecule has 15 heavy (non-hydrogen) atoms. The third-order valence-corrected chi connectivity index (χ3v) is 2.60. The average molecular weight is 208 g/mol. The number of ether oxygens (including phenoxy) is 1. The van der Waals surface area contributed by atoms with Crippen molar-refractivity contribution in [3.05, 3.63) is 34.9 Å². The summed E-state index contributed by atoms with van der Waals surface area (Å²) in [5.41, 5.74) is 0.217. The van der Waals surface area contributed by atoms with Crippen molar-refractivity contribution in [2.24, 2.45) is 0 Å². The molecular formula is C11H12O4. The molecule has 0 fully saturated rings.